The van der Waals surface area contributed by atoms with E-state index in [-0.39, 0.29) is 10.8 Å². The van der Waals surface area contributed by atoms with Gasteiger partial charge in [-0.05, 0) is 30.6 Å². The Kier molecular flexibility index (Phi) is 5.72. The Morgan fingerprint density at radius 1 is 0.941 bits per heavy atom. The van der Waals surface area contributed by atoms with Gasteiger partial charge in [-0.15, -0.1) is 0 Å². The van der Waals surface area contributed by atoms with Gasteiger partial charge < -0.3 is 5.11 Å². The highest BCUT2D eigenvalue weighted by Gasteiger charge is 2.49. The van der Waals surface area contributed by atoms with Crippen LogP contribution < -0.4 is 0 Å². The van der Waals surface area contributed by atoms with Crippen LogP contribution in [0.4, 0.5) is 0 Å². The standard InChI is InChI=1S/C16H34O/c1-9-10-11-12-13(2)14(3,4)15(5,6)16(7,8)17/h13,17H,9-12H2,1-8H3. The van der Waals surface area contributed by atoms with Gasteiger partial charge in [-0.25, -0.2) is 0 Å². The third-order valence-corrected chi connectivity index (χ3v) is 5.61. The number of rotatable bonds is 7. The zero-order valence-corrected chi connectivity index (χ0v) is 13.4. The van der Waals surface area contributed by atoms with Crippen LogP contribution in [0.25, 0.3) is 0 Å². The minimum Gasteiger partial charge on any atom is -0.390 e. The Bertz CT molecular complexity index is 220. The van der Waals surface area contributed by atoms with Gasteiger partial charge in [0.25, 0.3) is 0 Å². The molecule has 17 heavy (non-hydrogen) atoms. The quantitative estimate of drug-likeness (QED) is 0.621. The average molecular weight is 242 g/mol. The van der Waals surface area contributed by atoms with E-state index in [0.717, 1.165) is 0 Å². The van der Waals surface area contributed by atoms with E-state index in [4.69, 9.17) is 0 Å². The maximum Gasteiger partial charge on any atom is 0.0647 e. The minimum atomic E-state index is -0.643. The second-order valence-corrected chi connectivity index (χ2v) is 7.30. The molecule has 0 spiro atoms. The molecular weight excluding hydrogens is 208 g/mol. The van der Waals surface area contributed by atoms with E-state index in [9.17, 15) is 5.11 Å². The van der Waals surface area contributed by atoms with Crippen molar-refractivity contribution in [3.8, 4) is 0 Å². The van der Waals surface area contributed by atoms with Crippen molar-refractivity contribution in [2.24, 2.45) is 16.7 Å². The fourth-order valence-electron chi connectivity index (χ4n) is 2.47. The molecular formula is C16H34O. The highest BCUT2D eigenvalue weighted by molar-refractivity contribution is 4.98. The van der Waals surface area contributed by atoms with Gasteiger partial charge in [0.1, 0.15) is 0 Å². The van der Waals surface area contributed by atoms with E-state index in [1.165, 1.54) is 25.7 Å². The predicted molar refractivity (Wildman–Crippen MR) is 77.2 cm³/mol. The summed E-state index contributed by atoms with van der Waals surface area (Å²) in [5.74, 6) is 0.635. The molecule has 0 aromatic heterocycles. The van der Waals surface area contributed by atoms with E-state index in [1.54, 1.807) is 0 Å². The summed E-state index contributed by atoms with van der Waals surface area (Å²) < 4.78 is 0. The second-order valence-electron chi connectivity index (χ2n) is 7.30. The molecule has 0 aromatic carbocycles. The van der Waals surface area contributed by atoms with Crippen LogP contribution in [-0.4, -0.2) is 10.7 Å². The lowest BCUT2D eigenvalue weighted by Gasteiger charge is -2.52. The van der Waals surface area contributed by atoms with Gasteiger partial charge in [0.05, 0.1) is 5.60 Å². The summed E-state index contributed by atoms with van der Waals surface area (Å²) >= 11 is 0. The Morgan fingerprint density at radius 3 is 1.76 bits per heavy atom. The molecule has 0 rings (SSSR count). The molecule has 1 heteroatoms. The van der Waals surface area contributed by atoms with Crippen LogP contribution in [0.15, 0.2) is 0 Å². The average Bonchev–Trinajstić information content (AvgIpc) is 2.15. The van der Waals surface area contributed by atoms with Crippen molar-refractivity contribution in [3.63, 3.8) is 0 Å². The van der Waals surface area contributed by atoms with Crippen molar-refractivity contribution in [2.75, 3.05) is 0 Å². The first-order valence-electron chi connectivity index (χ1n) is 7.20. The topological polar surface area (TPSA) is 20.2 Å². The van der Waals surface area contributed by atoms with Crippen molar-refractivity contribution in [3.05, 3.63) is 0 Å². The maximum atomic E-state index is 10.4. The van der Waals surface area contributed by atoms with Crippen LogP contribution in [0, 0.1) is 16.7 Å². The van der Waals surface area contributed by atoms with E-state index in [1.807, 2.05) is 13.8 Å². The van der Waals surface area contributed by atoms with Crippen molar-refractivity contribution < 1.29 is 5.11 Å². The van der Waals surface area contributed by atoms with E-state index in [0.29, 0.717) is 5.92 Å². The molecule has 1 nitrogen and oxygen atoms in total. The van der Waals surface area contributed by atoms with Crippen molar-refractivity contribution in [1.82, 2.24) is 0 Å². The Labute approximate surface area is 109 Å². The number of hydrogen-bond acceptors (Lipinski definition) is 1. The molecule has 0 aliphatic carbocycles. The molecule has 0 aliphatic rings. The molecule has 104 valence electrons. The Morgan fingerprint density at radius 2 is 1.41 bits per heavy atom. The minimum absolute atomic E-state index is 0.0916. The van der Waals surface area contributed by atoms with Gasteiger partial charge in [0, 0.05) is 0 Å². The SMILES string of the molecule is CCCCCC(C)C(C)(C)C(C)(C)C(C)(C)O. The highest BCUT2D eigenvalue weighted by Crippen LogP contribution is 2.51. The lowest BCUT2D eigenvalue weighted by molar-refractivity contribution is -0.121. The fraction of sp³-hybridized carbons (Fsp3) is 1.00. The molecule has 0 fully saturated rings. The number of unbranched alkanes of at least 4 members (excludes halogenated alkanes) is 2. The van der Waals surface area contributed by atoms with Crippen LogP contribution in [0.2, 0.25) is 0 Å². The lowest BCUT2D eigenvalue weighted by atomic mass is 9.55. The van der Waals surface area contributed by atoms with Gasteiger partial charge in [-0.3, -0.25) is 0 Å². The van der Waals surface area contributed by atoms with Crippen LogP contribution in [0.5, 0.6) is 0 Å². The van der Waals surface area contributed by atoms with Crippen LogP contribution >= 0.6 is 0 Å². The Balaban J connectivity index is 4.75. The molecule has 1 N–H and O–H groups in total. The smallest absolute Gasteiger partial charge is 0.0647 e. The number of hydrogen-bond donors (Lipinski definition) is 1. The highest BCUT2D eigenvalue weighted by atomic mass is 16.3. The summed E-state index contributed by atoms with van der Waals surface area (Å²) in [6, 6.07) is 0. The molecule has 1 unspecified atom stereocenters. The van der Waals surface area contributed by atoms with E-state index in [2.05, 4.69) is 41.5 Å². The summed E-state index contributed by atoms with van der Waals surface area (Å²) in [7, 11) is 0. The first-order chi connectivity index (χ1) is 7.48. The molecule has 0 saturated carbocycles. The summed E-state index contributed by atoms with van der Waals surface area (Å²) in [5, 5.41) is 10.4. The maximum absolute atomic E-state index is 10.4. The molecule has 0 aromatic rings. The van der Waals surface area contributed by atoms with Crippen molar-refractivity contribution in [1.29, 1.82) is 0 Å². The summed E-state index contributed by atoms with van der Waals surface area (Å²) in [6.07, 6.45) is 5.18. The normalized spacial score (nSPS) is 16.1. The summed E-state index contributed by atoms with van der Waals surface area (Å²) in [6.45, 7) is 17.5. The predicted octanol–water partition coefficient (Wildman–Crippen LogP) is 5.03. The van der Waals surface area contributed by atoms with Crippen molar-refractivity contribution >= 4 is 0 Å². The van der Waals surface area contributed by atoms with Gasteiger partial charge in [0.2, 0.25) is 0 Å². The zero-order valence-electron chi connectivity index (χ0n) is 13.4. The largest absolute Gasteiger partial charge is 0.390 e. The second kappa shape index (κ2) is 5.73. The third-order valence-electron chi connectivity index (χ3n) is 5.61. The lowest BCUT2D eigenvalue weighted by Crippen LogP contribution is -2.51. The zero-order chi connectivity index (χ0) is 13.9. The van der Waals surface area contributed by atoms with Crippen molar-refractivity contribution in [2.45, 2.75) is 86.7 Å². The fourth-order valence-corrected chi connectivity index (χ4v) is 2.47. The summed E-state index contributed by atoms with van der Waals surface area (Å²) in [5.41, 5.74) is -0.597. The molecule has 0 saturated heterocycles. The molecule has 0 bridgehead atoms. The molecule has 0 amide bonds. The molecule has 0 radical (unpaired) electrons. The van der Waals surface area contributed by atoms with Gasteiger partial charge in [-0.2, -0.15) is 0 Å². The van der Waals surface area contributed by atoms with Gasteiger partial charge >= 0.3 is 0 Å². The van der Waals surface area contributed by atoms with Gasteiger partial charge in [0.15, 0.2) is 0 Å². The molecule has 1 atom stereocenters. The van der Waals surface area contributed by atoms with E-state index >= 15 is 0 Å². The first kappa shape index (κ1) is 17.0. The number of aliphatic hydroxyl groups is 1. The van der Waals surface area contributed by atoms with Crippen LogP contribution in [-0.2, 0) is 0 Å². The van der Waals surface area contributed by atoms with Gasteiger partial charge in [-0.1, -0.05) is 67.2 Å². The Hall–Kier alpha value is -0.0400. The third kappa shape index (κ3) is 3.71. The molecule has 0 heterocycles. The van der Waals surface area contributed by atoms with Crippen LogP contribution in [0.1, 0.15) is 81.1 Å². The van der Waals surface area contributed by atoms with E-state index < -0.39 is 5.60 Å². The monoisotopic (exact) mass is 242 g/mol. The summed E-state index contributed by atoms with van der Waals surface area (Å²) in [4.78, 5) is 0. The van der Waals surface area contributed by atoms with Crippen LogP contribution in [0.3, 0.4) is 0 Å². The first-order valence-corrected chi connectivity index (χ1v) is 7.20. The molecule has 0 aliphatic heterocycles.